The van der Waals surface area contributed by atoms with E-state index in [0.717, 1.165) is 19.3 Å². The van der Waals surface area contributed by atoms with Crippen LogP contribution in [-0.4, -0.2) is 11.7 Å². The largest absolute Gasteiger partial charge is 0.396 e. The molecular weight excluding hydrogens is 112 g/mol. The lowest BCUT2D eigenvalue weighted by atomic mass is 10.1. The SMILES string of the molecule is CCC(=CCCO)CC. The van der Waals surface area contributed by atoms with E-state index in [9.17, 15) is 0 Å². The Hall–Kier alpha value is -0.300. The molecule has 0 heterocycles. The van der Waals surface area contributed by atoms with Gasteiger partial charge >= 0.3 is 0 Å². The molecule has 0 saturated carbocycles. The van der Waals surface area contributed by atoms with Gasteiger partial charge in [0.05, 0.1) is 0 Å². The minimum absolute atomic E-state index is 0.281. The zero-order valence-corrected chi connectivity index (χ0v) is 6.35. The number of rotatable bonds is 4. The monoisotopic (exact) mass is 128 g/mol. The highest BCUT2D eigenvalue weighted by molar-refractivity contribution is 4.99. The average molecular weight is 128 g/mol. The summed E-state index contributed by atoms with van der Waals surface area (Å²) >= 11 is 0. The summed E-state index contributed by atoms with van der Waals surface area (Å²) in [5.41, 5.74) is 1.45. The van der Waals surface area contributed by atoms with Crippen molar-refractivity contribution in [1.82, 2.24) is 0 Å². The third kappa shape index (κ3) is 4.22. The molecule has 0 aromatic rings. The Bertz CT molecular complexity index is 78.6. The minimum atomic E-state index is 0.281. The third-order valence-corrected chi connectivity index (χ3v) is 1.47. The van der Waals surface area contributed by atoms with Gasteiger partial charge in [0.2, 0.25) is 0 Å². The van der Waals surface area contributed by atoms with Crippen molar-refractivity contribution in [3.63, 3.8) is 0 Å². The molecular formula is C8H16O. The molecule has 1 N–H and O–H groups in total. The fourth-order valence-electron chi connectivity index (χ4n) is 0.807. The van der Waals surface area contributed by atoms with Crippen LogP contribution in [0.5, 0.6) is 0 Å². The lowest BCUT2D eigenvalue weighted by Crippen LogP contribution is -1.81. The van der Waals surface area contributed by atoms with Gasteiger partial charge in [-0.15, -0.1) is 0 Å². The van der Waals surface area contributed by atoms with Crippen molar-refractivity contribution in [3.8, 4) is 0 Å². The van der Waals surface area contributed by atoms with Crippen molar-refractivity contribution in [2.75, 3.05) is 6.61 Å². The molecule has 0 radical (unpaired) electrons. The van der Waals surface area contributed by atoms with Crippen LogP contribution in [0, 0.1) is 0 Å². The lowest BCUT2D eigenvalue weighted by molar-refractivity contribution is 0.302. The van der Waals surface area contributed by atoms with Gasteiger partial charge in [0.15, 0.2) is 0 Å². The second-order valence-corrected chi connectivity index (χ2v) is 2.08. The molecule has 0 aromatic carbocycles. The smallest absolute Gasteiger partial charge is 0.0465 e. The average Bonchev–Trinajstić information content (AvgIpc) is 1.91. The fourth-order valence-corrected chi connectivity index (χ4v) is 0.807. The number of hydrogen-bond donors (Lipinski definition) is 1. The number of hydrogen-bond acceptors (Lipinski definition) is 1. The standard InChI is InChI=1S/C8H16O/c1-3-8(4-2)6-5-7-9/h6,9H,3-5,7H2,1-2H3. The summed E-state index contributed by atoms with van der Waals surface area (Å²) < 4.78 is 0. The summed E-state index contributed by atoms with van der Waals surface area (Å²) in [7, 11) is 0. The van der Waals surface area contributed by atoms with Crippen molar-refractivity contribution in [3.05, 3.63) is 11.6 Å². The molecule has 1 heteroatoms. The fraction of sp³-hybridized carbons (Fsp3) is 0.750. The van der Waals surface area contributed by atoms with Crippen LogP contribution >= 0.6 is 0 Å². The van der Waals surface area contributed by atoms with E-state index in [1.54, 1.807) is 0 Å². The molecule has 0 fully saturated rings. The summed E-state index contributed by atoms with van der Waals surface area (Å²) in [6.45, 7) is 4.57. The topological polar surface area (TPSA) is 20.2 Å². The summed E-state index contributed by atoms with van der Waals surface area (Å²) in [5.74, 6) is 0. The first-order valence-electron chi connectivity index (χ1n) is 3.63. The van der Waals surface area contributed by atoms with E-state index in [-0.39, 0.29) is 6.61 Å². The summed E-state index contributed by atoms with van der Waals surface area (Å²) in [5, 5.41) is 8.46. The van der Waals surface area contributed by atoms with Crippen LogP contribution in [0.4, 0.5) is 0 Å². The van der Waals surface area contributed by atoms with Gasteiger partial charge in [-0.25, -0.2) is 0 Å². The highest BCUT2D eigenvalue weighted by Crippen LogP contribution is 2.05. The first-order valence-corrected chi connectivity index (χ1v) is 3.63. The molecule has 54 valence electrons. The molecule has 1 nitrogen and oxygen atoms in total. The van der Waals surface area contributed by atoms with E-state index in [4.69, 9.17) is 5.11 Å². The second-order valence-electron chi connectivity index (χ2n) is 2.08. The molecule has 0 spiro atoms. The summed E-state index contributed by atoms with van der Waals surface area (Å²) in [6, 6.07) is 0. The van der Waals surface area contributed by atoms with Crippen LogP contribution < -0.4 is 0 Å². The molecule has 0 saturated heterocycles. The van der Waals surface area contributed by atoms with Gasteiger partial charge in [0.25, 0.3) is 0 Å². The number of aliphatic hydroxyl groups excluding tert-OH is 1. The van der Waals surface area contributed by atoms with Gasteiger partial charge < -0.3 is 5.11 Å². The van der Waals surface area contributed by atoms with Crippen molar-refractivity contribution < 1.29 is 5.11 Å². The minimum Gasteiger partial charge on any atom is -0.396 e. The Labute approximate surface area is 57.4 Å². The van der Waals surface area contributed by atoms with E-state index in [2.05, 4.69) is 19.9 Å². The molecule has 0 unspecified atom stereocenters. The molecule has 9 heavy (non-hydrogen) atoms. The predicted molar refractivity (Wildman–Crippen MR) is 40.4 cm³/mol. The molecule has 0 atom stereocenters. The molecule has 0 aliphatic heterocycles. The van der Waals surface area contributed by atoms with Gasteiger partial charge in [-0.3, -0.25) is 0 Å². The highest BCUT2D eigenvalue weighted by Gasteiger charge is 1.86. The maximum atomic E-state index is 8.46. The normalized spacial score (nSPS) is 9.22. The molecule has 0 bridgehead atoms. The van der Waals surface area contributed by atoms with Crippen LogP contribution in [0.15, 0.2) is 11.6 Å². The maximum absolute atomic E-state index is 8.46. The van der Waals surface area contributed by atoms with E-state index in [1.807, 2.05) is 0 Å². The highest BCUT2D eigenvalue weighted by atomic mass is 16.2. The van der Waals surface area contributed by atoms with Gasteiger partial charge in [0, 0.05) is 6.61 Å². The second kappa shape index (κ2) is 5.83. The van der Waals surface area contributed by atoms with E-state index < -0.39 is 0 Å². The van der Waals surface area contributed by atoms with Gasteiger partial charge in [0.1, 0.15) is 0 Å². The molecule has 0 amide bonds. The number of aliphatic hydroxyl groups is 1. The van der Waals surface area contributed by atoms with Crippen molar-refractivity contribution in [2.45, 2.75) is 33.1 Å². The number of allylic oxidation sites excluding steroid dienone is 1. The lowest BCUT2D eigenvalue weighted by Gasteiger charge is -1.96. The van der Waals surface area contributed by atoms with Gasteiger partial charge in [-0.05, 0) is 19.3 Å². The Kier molecular flexibility index (Phi) is 5.64. The van der Waals surface area contributed by atoms with Crippen LogP contribution in [0.3, 0.4) is 0 Å². The summed E-state index contributed by atoms with van der Waals surface area (Å²) in [6.07, 6.45) is 5.18. The summed E-state index contributed by atoms with van der Waals surface area (Å²) in [4.78, 5) is 0. The van der Waals surface area contributed by atoms with Crippen molar-refractivity contribution in [2.24, 2.45) is 0 Å². The quantitative estimate of drug-likeness (QED) is 0.575. The van der Waals surface area contributed by atoms with E-state index in [1.165, 1.54) is 5.57 Å². The van der Waals surface area contributed by atoms with E-state index in [0.29, 0.717) is 0 Å². The molecule has 0 aliphatic rings. The molecule has 0 aromatic heterocycles. The van der Waals surface area contributed by atoms with Crippen LogP contribution in [-0.2, 0) is 0 Å². The zero-order chi connectivity index (χ0) is 7.11. The van der Waals surface area contributed by atoms with Gasteiger partial charge in [-0.1, -0.05) is 25.5 Å². The third-order valence-electron chi connectivity index (χ3n) is 1.47. The van der Waals surface area contributed by atoms with Crippen molar-refractivity contribution in [1.29, 1.82) is 0 Å². The first kappa shape index (κ1) is 8.70. The van der Waals surface area contributed by atoms with E-state index >= 15 is 0 Å². The first-order chi connectivity index (χ1) is 4.35. The maximum Gasteiger partial charge on any atom is 0.0465 e. The Morgan fingerprint density at radius 1 is 1.33 bits per heavy atom. The van der Waals surface area contributed by atoms with Crippen LogP contribution in [0.2, 0.25) is 0 Å². The zero-order valence-electron chi connectivity index (χ0n) is 6.35. The van der Waals surface area contributed by atoms with Crippen molar-refractivity contribution >= 4 is 0 Å². The predicted octanol–water partition coefficient (Wildman–Crippen LogP) is 2.12. The Morgan fingerprint density at radius 3 is 2.22 bits per heavy atom. The Morgan fingerprint density at radius 2 is 1.89 bits per heavy atom. The Balaban J connectivity index is 3.48. The van der Waals surface area contributed by atoms with Gasteiger partial charge in [-0.2, -0.15) is 0 Å². The van der Waals surface area contributed by atoms with Crippen LogP contribution in [0.1, 0.15) is 33.1 Å². The molecule has 0 aliphatic carbocycles. The van der Waals surface area contributed by atoms with Crippen LogP contribution in [0.25, 0.3) is 0 Å². The molecule has 0 rings (SSSR count).